The van der Waals surface area contributed by atoms with Crippen molar-refractivity contribution in [2.75, 3.05) is 7.05 Å². The molecule has 0 heterocycles. The summed E-state index contributed by atoms with van der Waals surface area (Å²) >= 11 is 0. The van der Waals surface area contributed by atoms with Gasteiger partial charge in [0.25, 0.3) is 0 Å². The molecule has 1 atom stereocenters. The minimum absolute atomic E-state index is 0.0231. The van der Waals surface area contributed by atoms with Gasteiger partial charge in [-0.25, -0.2) is 4.39 Å². The molecule has 0 aliphatic carbocycles. The van der Waals surface area contributed by atoms with Crippen LogP contribution in [0.3, 0.4) is 0 Å². The highest BCUT2D eigenvalue weighted by molar-refractivity contribution is 5.40. The van der Waals surface area contributed by atoms with Gasteiger partial charge in [-0.1, -0.05) is 24.3 Å². The van der Waals surface area contributed by atoms with E-state index < -0.39 is 0 Å². The number of rotatable bonds is 3. The Bertz CT molecular complexity index is 590. The van der Waals surface area contributed by atoms with Gasteiger partial charge in [-0.2, -0.15) is 0 Å². The zero-order valence-corrected chi connectivity index (χ0v) is 11.9. The molecule has 2 rings (SSSR count). The summed E-state index contributed by atoms with van der Waals surface area (Å²) in [4.78, 5) is 0. The monoisotopic (exact) mass is 257 g/mol. The lowest BCUT2D eigenvalue weighted by Gasteiger charge is -2.20. The Kier molecular flexibility index (Phi) is 4.01. The third kappa shape index (κ3) is 2.85. The molecule has 100 valence electrons. The van der Waals surface area contributed by atoms with Crippen LogP contribution in [-0.4, -0.2) is 7.05 Å². The first-order chi connectivity index (χ1) is 9.02. The first-order valence-electron chi connectivity index (χ1n) is 6.53. The van der Waals surface area contributed by atoms with Gasteiger partial charge in [0.05, 0.1) is 6.04 Å². The summed E-state index contributed by atoms with van der Waals surface area (Å²) in [5, 5.41) is 3.28. The Morgan fingerprint density at radius 3 is 2.21 bits per heavy atom. The summed E-state index contributed by atoms with van der Waals surface area (Å²) in [5.74, 6) is -0.190. The van der Waals surface area contributed by atoms with Crippen LogP contribution in [0.15, 0.2) is 36.4 Å². The molecule has 2 aromatic rings. The maximum absolute atomic E-state index is 13.5. The van der Waals surface area contributed by atoms with Crippen molar-refractivity contribution < 1.29 is 4.39 Å². The Morgan fingerprint density at radius 2 is 1.58 bits per heavy atom. The normalized spacial score (nSPS) is 12.5. The SMILES string of the molecule is CNC(c1ccc(C)c(C)c1)c1cc(F)ccc1C. The summed E-state index contributed by atoms with van der Waals surface area (Å²) in [6.45, 7) is 6.21. The summed E-state index contributed by atoms with van der Waals surface area (Å²) in [6.07, 6.45) is 0. The van der Waals surface area contributed by atoms with Crippen LogP contribution >= 0.6 is 0 Å². The van der Waals surface area contributed by atoms with Crippen molar-refractivity contribution in [2.24, 2.45) is 0 Å². The standard InChI is InChI=1S/C17H20FN/c1-11-5-7-14(9-13(11)3)17(19-4)16-10-15(18)8-6-12(16)2/h5-10,17,19H,1-4H3. The molecule has 0 radical (unpaired) electrons. The van der Waals surface area contributed by atoms with E-state index in [0.717, 1.165) is 11.1 Å². The van der Waals surface area contributed by atoms with E-state index in [0.29, 0.717) is 0 Å². The molecule has 19 heavy (non-hydrogen) atoms. The third-order valence-corrected chi connectivity index (χ3v) is 3.71. The van der Waals surface area contributed by atoms with Gasteiger partial charge in [-0.05, 0) is 67.8 Å². The van der Waals surface area contributed by atoms with E-state index in [2.05, 4.69) is 37.4 Å². The Hall–Kier alpha value is -1.67. The van der Waals surface area contributed by atoms with Gasteiger partial charge >= 0.3 is 0 Å². The zero-order chi connectivity index (χ0) is 14.0. The van der Waals surface area contributed by atoms with Crippen molar-refractivity contribution in [1.29, 1.82) is 0 Å². The van der Waals surface area contributed by atoms with Crippen LogP contribution in [0, 0.1) is 26.6 Å². The minimum Gasteiger partial charge on any atom is -0.309 e. The average Bonchev–Trinajstić information content (AvgIpc) is 2.38. The maximum atomic E-state index is 13.5. The molecule has 0 aliphatic rings. The lowest BCUT2D eigenvalue weighted by atomic mass is 9.93. The summed E-state index contributed by atoms with van der Waals surface area (Å²) in [7, 11) is 1.91. The minimum atomic E-state index is -0.190. The van der Waals surface area contributed by atoms with E-state index in [1.54, 1.807) is 6.07 Å². The van der Waals surface area contributed by atoms with E-state index in [4.69, 9.17) is 0 Å². The summed E-state index contributed by atoms with van der Waals surface area (Å²) < 4.78 is 13.5. The van der Waals surface area contributed by atoms with Gasteiger partial charge in [0, 0.05) is 0 Å². The van der Waals surface area contributed by atoms with Crippen molar-refractivity contribution in [3.8, 4) is 0 Å². The van der Waals surface area contributed by atoms with Crippen molar-refractivity contribution in [3.05, 3.63) is 70.0 Å². The number of aryl methyl sites for hydroxylation is 3. The lowest BCUT2D eigenvalue weighted by molar-refractivity contribution is 0.615. The van der Waals surface area contributed by atoms with E-state index in [9.17, 15) is 4.39 Å². The first kappa shape index (κ1) is 13.8. The van der Waals surface area contributed by atoms with Gasteiger partial charge in [-0.15, -0.1) is 0 Å². The summed E-state index contributed by atoms with van der Waals surface area (Å²) in [6, 6.07) is 11.4. The quantitative estimate of drug-likeness (QED) is 0.874. The molecule has 2 aromatic carbocycles. The first-order valence-corrected chi connectivity index (χ1v) is 6.53. The molecule has 0 aliphatic heterocycles. The van der Waals surface area contributed by atoms with Gasteiger partial charge < -0.3 is 5.32 Å². The Labute approximate surface area is 114 Å². The molecule has 0 saturated heterocycles. The van der Waals surface area contributed by atoms with Gasteiger partial charge in [-0.3, -0.25) is 0 Å². The molecule has 0 fully saturated rings. The smallest absolute Gasteiger partial charge is 0.123 e. The molecular weight excluding hydrogens is 237 g/mol. The van der Waals surface area contributed by atoms with Crippen molar-refractivity contribution >= 4 is 0 Å². The largest absolute Gasteiger partial charge is 0.309 e. The van der Waals surface area contributed by atoms with Crippen LogP contribution in [0.1, 0.15) is 33.9 Å². The highest BCUT2D eigenvalue weighted by Gasteiger charge is 2.15. The van der Waals surface area contributed by atoms with Crippen LogP contribution < -0.4 is 5.32 Å². The molecule has 0 bridgehead atoms. The van der Waals surface area contributed by atoms with E-state index in [1.807, 2.05) is 20.0 Å². The number of halogens is 1. The number of benzene rings is 2. The molecule has 1 N–H and O–H groups in total. The molecule has 0 saturated carbocycles. The van der Waals surface area contributed by atoms with Crippen LogP contribution in [-0.2, 0) is 0 Å². The number of hydrogen-bond acceptors (Lipinski definition) is 1. The highest BCUT2D eigenvalue weighted by atomic mass is 19.1. The van der Waals surface area contributed by atoms with E-state index in [1.165, 1.54) is 22.8 Å². The Morgan fingerprint density at radius 1 is 0.895 bits per heavy atom. The molecule has 1 unspecified atom stereocenters. The van der Waals surface area contributed by atoms with Gasteiger partial charge in [0.15, 0.2) is 0 Å². The fourth-order valence-corrected chi connectivity index (χ4v) is 2.37. The lowest BCUT2D eigenvalue weighted by Crippen LogP contribution is -2.19. The predicted octanol–water partition coefficient (Wildman–Crippen LogP) is 4.06. The van der Waals surface area contributed by atoms with Gasteiger partial charge in [0.1, 0.15) is 5.82 Å². The van der Waals surface area contributed by atoms with Crippen LogP contribution in [0.5, 0.6) is 0 Å². The zero-order valence-electron chi connectivity index (χ0n) is 11.9. The van der Waals surface area contributed by atoms with E-state index >= 15 is 0 Å². The van der Waals surface area contributed by atoms with Gasteiger partial charge in [0.2, 0.25) is 0 Å². The molecule has 1 nitrogen and oxygen atoms in total. The molecule has 0 spiro atoms. The topological polar surface area (TPSA) is 12.0 Å². The third-order valence-electron chi connectivity index (χ3n) is 3.71. The van der Waals surface area contributed by atoms with Crippen molar-refractivity contribution in [3.63, 3.8) is 0 Å². The van der Waals surface area contributed by atoms with E-state index in [-0.39, 0.29) is 11.9 Å². The molecule has 0 amide bonds. The maximum Gasteiger partial charge on any atom is 0.123 e. The second kappa shape index (κ2) is 5.54. The number of hydrogen-bond donors (Lipinski definition) is 1. The second-order valence-corrected chi connectivity index (χ2v) is 5.07. The second-order valence-electron chi connectivity index (χ2n) is 5.07. The Balaban J connectivity index is 2.49. The van der Waals surface area contributed by atoms with Crippen LogP contribution in [0.2, 0.25) is 0 Å². The van der Waals surface area contributed by atoms with Crippen molar-refractivity contribution in [1.82, 2.24) is 5.32 Å². The molecule has 2 heteroatoms. The predicted molar refractivity (Wildman–Crippen MR) is 78.0 cm³/mol. The van der Waals surface area contributed by atoms with Crippen LogP contribution in [0.25, 0.3) is 0 Å². The summed E-state index contributed by atoms with van der Waals surface area (Å²) in [5.41, 5.74) is 5.78. The molecule has 0 aromatic heterocycles. The molecular formula is C17H20FN. The fourth-order valence-electron chi connectivity index (χ4n) is 2.37. The number of nitrogens with one attached hydrogen (secondary N) is 1. The van der Waals surface area contributed by atoms with Crippen LogP contribution in [0.4, 0.5) is 4.39 Å². The fraction of sp³-hybridized carbons (Fsp3) is 0.294. The van der Waals surface area contributed by atoms with Crippen molar-refractivity contribution in [2.45, 2.75) is 26.8 Å². The highest BCUT2D eigenvalue weighted by Crippen LogP contribution is 2.26. The average molecular weight is 257 g/mol.